The normalized spacial score (nSPS) is 11.9. The minimum atomic E-state index is -0.256. The highest BCUT2D eigenvalue weighted by Crippen LogP contribution is 2.32. The molecule has 3 heteroatoms. The number of hydroxylamine groups is 1. The molecule has 0 radical (unpaired) electrons. The number of anilines is 1. The molecule has 3 aromatic carbocycles. The molecule has 3 aromatic rings. The summed E-state index contributed by atoms with van der Waals surface area (Å²) in [5, 5.41) is 12.7. The van der Waals surface area contributed by atoms with Crippen LogP contribution in [0.3, 0.4) is 0 Å². The van der Waals surface area contributed by atoms with Crippen molar-refractivity contribution in [3.05, 3.63) is 101 Å². The van der Waals surface area contributed by atoms with Crippen molar-refractivity contribution in [2.75, 3.05) is 5.06 Å². The molecule has 0 saturated carbocycles. The summed E-state index contributed by atoms with van der Waals surface area (Å²) >= 11 is 6.38. The van der Waals surface area contributed by atoms with E-state index in [2.05, 4.69) is 12.1 Å². The molecule has 116 valence electrons. The fourth-order valence-corrected chi connectivity index (χ4v) is 2.93. The number of hydrogen-bond donors (Lipinski definition) is 1. The maximum atomic E-state index is 10.8. The lowest BCUT2D eigenvalue weighted by molar-refractivity contribution is 0.215. The van der Waals surface area contributed by atoms with Gasteiger partial charge in [-0.2, -0.15) is 0 Å². The van der Waals surface area contributed by atoms with Crippen molar-refractivity contribution in [3.63, 3.8) is 0 Å². The SMILES string of the molecule is ON(c1ccccc1)C(Cc1ccccc1)c1ccccc1Cl. The highest BCUT2D eigenvalue weighted by molar-refractivity contribution is 6.31. The Bertz CT molecular complexity index is 746. The third kappa shape index (κ3) is 3.73. The fourth-order valence-electron chi connectivity index (χ4n) is 2.67. The van der Waals surface area contributed by atoms with Crippen LogP contribution in [-0.4, -0.2) is 5.21 Å². The van der Waals surface area contributed by atoms with Crippen molar-refractivity contribution < 1.29 is 5.21 Å². The van der Waals surface area contributed by atoms with E-state index in [1.165, 1.54) is 5.06 Å². The summed E-state index contributed by atoms with van der Waals surface area (Å²) in [5.74, 6) is 0. The Kier molecular flexibility index (Phi) is 4.96. The molecule has 0 heterocycles. The summed E-state index contributed by atoms with van der Waals surface area (Å²) < 4.78 is 0. The Balaban J connectivity index is 1.98. The molecule has 0 aliphatic rings. The zero-order valence-corrected chi connectivity index (χ0v) is 13.4. The molecule has 0 aliphatic carbocycles. The minimum absolute atomic E-state index is 0.256. The number of benzene rings is 3. The molecule has 0 aliphatic heterocycles. The van der Waals surface area contributed by atoms with Gasteiger partial charge in [0.1, 0.15) is 0 Å². The van der Waals surface area contributed by atoms with E-state index in [4.69, 9.17) is 11.6 Å². The lowest BCUT2D eigenvalue weighted by Gasteiger charge is -2.29. The fraction of sp³-hybridized carbons (Fsp3) is 0.100. The lowest BCUT2D eigenvalue weighted by Crippen LogP contribution is -2.27. The molecule has 1 atom stereocenters. The molecular weight excluding hydrogens is 306 g/mol. The average molecular weight is 324 g/mol. The number of halogens is 1. The highest BCUT2D eigenvalue weighted by Gasteiger charge is 2.22. The van der Waals surface area contributed by atoms with Gasteiger partial charge in [0.2, 0.25) is 0 Å². The van der Waals surface area contributed by atoms with Crippen LogP contribution in [0.1, 0.15) is 17.2 Å². The van der Waals surface area contributed by atoms with E-state index in [9.17, 15) is 5.21 Å². The van der Waals surface area contributed by atoms with Crippen molar-refractivity contribution in [2.24, 2.45) is 0 Å². The maximum absolute atomic E-state index is 10.8. The highest BCUT2D eigenvalue weighted by atomic mass is 35.5. The van der Waals surface area contributed by atoms with Crippen LogP contribution in [-0.2, 0) is 6.42 Å². The van der Waals surface area contributed by atoms with Gasteiger partial charge in [-0.05, 0) is 35.7 Å². The summed E-state index contributed by atoms with van der Waals surface area (Å²) in [4.78, 5) is 0. The molecule has 0 fully saturated rings. The summed E-state index contributed by atoms with van der Waals surface area (Å²) in [6.07, 6.45) is 0.663. The summed E-state index contributed by atoms with van der Waals surface area (Å²) in [5.41, 5.74) is 2.80. The molecule has 0 spiro atoms. The van der Waals surface area contributed by atoms with E-state index in [1.807, 2.05) is 72.8 Å². The van der Waals surface area contributed by atoms with Crippen LogP contribution in [0.2, 0.25) is 5.02 Å². The number of hydrogen-bond acceptors (Lipinski definition) is 2. The van der Waals surface area contributed by atoms with E-state index in [-0.39, 0.29) is 6.04 Å². The van der Waals surface area contributed by atoms with Gasteiger partial charge in [-0.15, -0.1) is 0 Å². The molecule has 1 unspecified atom stereocenters. The maximum Gasteiger partial charge on any atom is 0.0867 e. The lowest BCUT2D eigenvalue weighted by atomic mass is 9.98. The van der Waals surface area contributed by atoms with Crippen LogP contribution in [0.25, 0.3) is 0 Å². The van der Waals surface area contributed by atoms with Crippen molar-refractivity contribution in [2.45, 2.75) is 12.5 Å². The number of para-hydroxylation sites is 1. The number of nitrogens with zero attached hydrogens (tertiary/aromatic N) is 1. The standard InChI is InChI=1S/C20H18ClNO/c21-19-14-8-7-13-18(19)20(15-16-9-3-1-4-10-16)22(23)17-11-5-2-6-12-17/h1-14,20,23H,15H2. The summed E-state index contributed by atoms with van der Waals surface area (Å²) in [6, 6.07) is 27.0. The molecule has 0 aromatic heterocycles. The van der Waals surface area contributed by atoms with E-state index >= 15 is 0 Å². The zero-order chi connectivity index (χ0) is 16.1. The van der Waals surface area contributed by atoms with Crippen molar-refractivity contribution in [3.8, 4) is 0 Å². The molecule has 0 amide bonds. The quantitative estimate of drug-likeness (QED) is 0.625. The Hall–Kier alpha value is -2.29. The van der Waals surface area contributed by atoms with E-state index in [0.717, 1.165) is 16.8 Å². The van der Waals surface area contributed by atoms with Crippen LogP contribution in [0.15, 0.2) is 84.9 Å². The first-order valence-corrected chi connectivity index (χ1v) is 7.95. The van der Waals surface area contributed by atoms with Gasteiger partial charge in [-0.1, -0.05) is 78.3 Å². The molecular formula is C20H18ClNO. The largest absolute Gasteiger partial charge is 0.288 e. The monoisotopic (exact) mass is 323 g/mol. The Morgan fingerprint density at radius 1 is 0.783 bits per heavy atom. The van der Waals surface area contributed by atoms with Crippen molar-refractivity contribution >= 4 is 17.3 Å². The second-order valence-corrected chi connectivity index (χ2v) is 5.81. The van der Waals surface area contributed by atoms with Crippen LogP contribution in [0.4, 0.5) is 5.69 Å². The number of rotatable bonds is 5. The van der Waals surface area contributed by atoms with Gasteiger partial charge in [0, 0.05) is 5.02 Å². The van der Waals surface area contributed by atoms with E-state index < -0.39 is 0 Å². The molecule has 2 nitrogen and oxygen atoms in total. The molecule has 1 N–H and O–H groups in total. The van der Waals surface area contributed by atoms with Crippen LogP contribution < -0.4 is 5.06 Å². The predicted molar refractivity (Wildman–Crippen MR) is 95.0 cm³/mol. The van der Waals surface area contributed by atoms with Crippen molar-refractivity contribution in [1.82, 2.24) is 0 Å². The van der Waals surface area contributed by atoms with Gasteiger partial charge in [-0.3, -0.25) is 5.21 Å². The zero-order valence-electron chi connectivity index (χ0n) is 12.6. The van der Waals surface area contributed by atoms with E-state index in [1.54, 1.807) is 0 Å². The summed E-state index contributed by atoms with van der Waals surface area (Å²) in [6.45, 7) is 0. The van der Waals surface area contributed by atoms with Crippen LogP contribution in [0, 0.1) is 0 Å². The molecule has 0 saturated heterocycles. The third-order valence-corrected chi connectivity index (χ3v) is 4.20. The van der Waals surface area contributed by atoms with Crippen LogP contribution in [0.5, 0.6) is 0 Å². The predicted octanol–water partition coefficient (Wildman–Crippen LogP) is 5.52. The first kappa shape index (κ1) is 15.6. The van der Waals surface area contributed by atoms with Gasteiger partial charge in [0.15, 0.2) is 0 Å². The third-order valence-electron chi connectivity index (χ3n) is 3.85. The van der Waals surface area contributed by atoms with Gasteiger partial charge in [-0.25, -0.2) is 5.06 Å². The van der Waals surface area contributed by atoms with E-state index in [0.29, 0.717) is 11.4 Å². The van der Waals surface area contributed by atoms with Crippen molar-refractivity contribution in [1.29, 1.82) is 0 Å². The smallest absolute Gasteiger partial charge is 0.0867 e. The average Bonchev–Trinajstić information content (AvgIpc) is 2.61. The molecule has 0 bridgehead atoms. The van der Waals surface area contributed by atoms with Gasteiger partial charge < -0.3 is 0 Å². The molecule has 3 rings (SSSR count). The molecule has 23 heavy (non-hydrogen) atoms. The summed E-state index contributed by atoms with van der Waals surface area (Å²) in [7, 11) is 0. The van der Waals surface area contributed by atoms with Crippen LogP contribution >= 0.6 is 11.6 Å². The Morgan fingerprint density at radius 2 is 1.35 bits per heavy atom. The minimum Gasteiger partial charge on any atom is -0.288 e. The first-order chi connectivity index (χ1) is 11.3. The second-order valence-electron chi connectivity index (χ2n) is 5.41. The van der Waals surface area contributed by atoms with Gasteiger partial charge in [0.25, 0.3) is 0 Å². The second kappa shape index (κ2) is 7.32. The Labute approximate surface area is 141 Å². The van der Waals surface area contributed by atoms with Gasteiger partial charge >= 0.3 is 0 Å². The first-order valence-electron chi connectivity index (χ1n) is 7.57. The Morgan fingerprint density at radius 3 is 2.00 bits per heavy atom. The van der Waals surface area contributed by atoms with Gasteiger partial charge in [0.05, 0.1) is 11.7 Å². The topological polar surface area (TPSA) is 23.5 Å².